The zero-order chi connectivity index (χ0) is 16.1. The molecule has 3 heteroatoms. The van der Waals surface area contributed by atoms with E-state index in [4.69, 9.17) is 0 Å². The quantitative estimate of drug-likeness (QED) is 0.786. The molecule has 0 amide bonds. The summed E-state index contributed by atoms with van der Waals surface area (Å²) in [5.74, 6) is -0.122. The van der Waals surface area contributed by atoms with Crippen LogP contribution in [0.15, 0.2) is 18.2 Å². The van der Waals surface area contributed by atoms with E-state index in [1.165, 1.54) is 11.1 Å². The maximum atomic E-state index is 10.6. The number of benzene rings is 2. The maximum Gasteiger partial charge on any atom is 0.130 e. The first-order valence-corrected chi connectivity index (χ1v) is 7.98. The minimum atomic E-state index is -0.295. The van der Waals surface area contributed by atoms with Crippen LogP contribution in [0, 0.1) is 0 Å². The number of aliphatic hydroxyl groups is 1. The van der Waals surface area contributed by atoms with Gasteiger partial charge in [0, 0.05) is 23.5 Å². The number of aromatic hydroxyl groups is 2. The lowest BCUT2D eigenvalue weighted by Gasteiger charge is -2.33. The third-order valence-corrected chi connectivity index (χ3v) is 5.15. The van der Waals surface area contributed by atoms with Gasteiger partial charge in [-0.15, -0.1) is 0 Å². The molecular weight excluding hydrogens is 276 g/mol. The fraction of sp³-hybridized carbons (Fsp3) is 0.474. The van der Waals surface area contributed by atoms with Crippen LogP contribution in [0.2, 0.25) is 0 Å². The Labute approximate surface area is 131 Å². The Morgan fingerprint density at radius 3 is 2.59 bits per heavy atom. The number of phenols is 2. The molecule has 0 radical (unpaired) electrons. The van der Waals surface area contributed by atoms with Crippen LogP contribution in [0.5, 0.6) is 11.5 Å². The lowest BCUT2D eigenvalue weighted by atomic mass is 9.71. The van der Waals surface area contributed by atoms with Crippen LogP contribution >= 0.6 is 0 Å². The third-order valence-electron chi connectivity index (χ3n) is 5.15. The van der Waals surface area contributed by atoms with Gasteiger partial charge in [0.2, 0.25) is 0 Å². The molecule has 22 heavy (non-hydrogen) atoms. The standard InChI is InChI=1S/C19H24O3/c1-11(10-20)17-16(21)9-14-12-5-4-8-19(2,3)15(12)7-6-13(14)18(17)22/h6-7,9,11,20-22H,4-5,8,10H2,1-3H3/t11-/m0/s1. The summed E-state index contributed by atoms with van der Waals surface area (Å²) in [6.45, 7) is 6.18. The molecule has 2 aromatic carbocycles. The number of rotatable bonds is 2. The van der Waals surface area contributed by atoms with E-state index in [-0.39, 0.29) is 29.4 Å². The van der Waals surface area contributed by atoms with Crippen molar-refractivity contribution >= 4 is 10.8 Å². The molecule has 1 aliphatic carbocycles. The predicted molar refractivity (Wildman–Crippen MR) is 88.7 cm³/mol. The highest BCUT2D eigenvalue weighted by Gasteiger charge is 2.29. The molecule has 0 aromatic heterocycles. The van der Waals surface area contributed by atoms with Crippen molar-refractivity contribution in [1.82, 2.24) is 0 Å². The second kappa shape index (κ2) is 5.17. The smallest absolute Gasteiger partial charge is 0.130 e. The number of hydrogen-bond acceptors (Lipinski definition) is 3. The number of hydrogen-bond donors (Lipinski definition) is 3. The molecule has 0 heterocycles. The highest BCUT2D eigenvalue weighted by molar-refractivity contribution is 5.95. The Kier molecular flexibility index (Phi) is 3.56. The number of aliphatic hydroxyl groups excluding tert-OH is 1. The monoisotopic (exact) mass is 300 g/mol. The molecule has 3 nitrogen and oxygen atoms in total. The SMILES string of the molecule is C[C@@H](CO)c1c(O)cc2c3c(ccc2c1O)C(C)(C)CCC3. The number of fused-ring (bicyclic) bond motifs is 3. The predicted octanol–water partition coefficient (Wildman–Crippen LogP) is 3.96. The molecule has 1 aliphatic rings. The largest absolute Gasteiger partial charge is 0.507 e. The average Bonchev–Trinajstić information content (AvgIpc) is 2.46. The van der Waals surface area contributed by atoms with Crippen molar-refractivity contribution in [2.24, 2.45) is 0 Å². The normalized spacial score (nSPS) is 18.2. The first-order valence-electron chi connectivity index (χ1n) is 7.98. The Balaban J connectivity index is 2.32. The molecule has 0 aliphatic heterocycles. The fourth-order valence-corrected chi connectivity index (χ4v) is 3.84. The van der Waals surface area contributed by atoms with E-state index in [1.54, 1.807) is 13.0 Å². The van der Waals surface area contributed by atoms with Gasteiger partial charge in [-0.25, -0.2) is 0 Å². The number of aryl methyl sites for hydroxylation is 1. The Morgan fingerprint density at radius 2 is 1.91 bits per heavy atom. The van der Waals surface area contributed by atoms with Crippen molar-refractivity contribution in [3.8, 4) is 11.5 Å². The van der Waals surface area contributed by atoms with Gasteiger partial charge >= 0.3 is 0 Å². The highest BCUT2D eigenvalue weighted by atomic mass is 16.3. The molecule has 0 unspecified atom stereocenters. The molecule has 3 rings (SSSR count). The van der Waals surface area contributed by atoms with Gasteiger partial charge in [-0.1, -0.05) is 32.9 Å². The zero-order valence-corrected chi connectivity index (χ0v) is 13.5. The Morgan fingerprint density at radius 1 is 1.18 bits per heavy atom. The van der Waals surface area contributed by atoms with Crippen molar-refractivity contribution in [1.29, 1.82) is 0 Å². The summed E-state index contributed by atoms with van der Waals surface area (Å²) in [5, 5.41) is 32.0. The van der Waals surface area contributed by atoms with E-state index < -0.39 is 0 Å². The molecule has 0 spiro atoms. The van der Waals surface area contributed by atoms with Gasteiger partial charge in [-0.3, -0.25) is 0 Å². The fourth-order valence-electron chi connectivity index (χ4n) is 3.84. The van der Waals surface area contributed by atoms with Gasteiger partial charge in [-0.2, -0.15) is 0 Å². The molecule has 2 aromatic rings. The van der Waals surface area contributed by atoms with Crippen LogP contribution in [0.1, 0.15) is 56.2 Å². The lowest BCUT2D eigenvalue weighted by Crippen LogP contribution is -2.23. The van der Waals surface area contributed by atoms with Crippen LogP contribution < -0.4 is 0 Å². The molecule has 3 N–H and O–H groups in total. The van der Waals surface area contributed by atoms with E-state index in [1.807, 2.05) is 6.07 Å². The summed E-state index contributed by atoms with van der Waals surface area (Å²) in [5.41, 5.74) is 3.12. The van der Waals surface area contributed by atoms with Crippen molar-refractivity contribution in [3.05, 3.63) is 34.9 Å². The topological polar surface area (TPSA) is 60.7 Å². The van der Waals surface area contributed by atoms with Crippen LogP contribution in [0.4, 0.5) is 0 Å². The summed E-state index contributed by atoms with van der Waals surface area (Å²) < 4.78 is 0. The van der Waals surface area contributed by atoms with E-state index in [0.717, 1.165) is 30.0 Å². The Bertz CT molecular complexity index is 731. The summed E-state index contributed by atoms with van der Waals surface area (Å²) in [7, 11) is 0. The van der Waals surface area contributed by atoms with E-state index in [0.29, 0.717) is 5.56 Å². The van der Waals surface area contributed by atoms with Gasteiger partial charge in [0.1, 0.15) is 11.5 Å². The van der Waals surface area contributed by atoms with Gasteiger partial charge in [0.25, 0.3) is 0 Å². The minimum Gasteiger partial charge on any atom is -0.507 e. The molecule has 0 saturated carbocycles. The summed E-state index contributed by atoms with van der Waals surface area (Å²) in [6.07, 6.45) is 3.25. The van der Waals surface area contributed by atoms with Gasteiger partial charge in [-0.05, 0) is 47.3 Å². The van der Waals surface area contributed by atoms with Crippen LogP contribution in [0.3, 0.4) is 0 Å². The van der Waals surface area contributed by atoms with Gasteiger partial charge in [0.05, 0.1) is 0 Å². The number of phenolic OH excluding ortho intramolecular Hbond substituents is 2. The first-order chi connectivity index (χ1) is 10.4. The van der Waals surface area contributed by atoms with Gasteiger partial charge < -0.3 is 15.3 Å². The Hall–Kier alpha value is -1.74. The summed E-state index contributed by atoms with van der Waals surface area (Å²) in [4.78, 5) is 0. The second-order valence-corrected chi connectivity index (χ2v) is 7.17. The molecule has 0 fully saturated rings. The zero-order valence-electron chi connectivity index (χ0n) is 13.5. The lowest BCUT2D eigenvalue weighted by molar-refractivity contribution is 0.267. The van der Waals surface area contributed by atoms with Crippen molar-refractivity contribution in [2.75, 3.05) is 6.61 Å². The van der Waals surface area contributed by atoms with Crippen LogP contribution in [0.25, 0.3) is 10.8 Å². The molecule has 0 saturated heterocycles. The third kappa shape index (κ3) is 2.15. The minimum absolute atomic E-state index is 0.0725. The van der Waals surface area contributed by atoms with E-state index >= 15 is 0 Å². The summed E-state index contributed by atoms with van der Waals surface area (Å²) >= 11 is 0. The molecular formula is C19H24O3. The summed E-state index contributed by atoms with van der Waals surface area (Å²) in [6, 6.07) is 5.82. The van der Waals surface area contributed by atoms with E-state index in [9.17, 15) is 15.3 Å². The van der Waals surface area contributed by atoms with Gasteiger partial charge in [0.15, 0.2) is 0 Å². The van der Waals surface area contributed by atoms with Crippen LogP contribution in [-0.4, -0.2) is 21.9 Å². The van der Waals surface area contributed by atoms with Crippen molar-refractivity contribution < 1.29 is 15.3 Å². The average molecular weight is 300 g/mol. The van der Waals surface area contributed by atoms with Crippen molar-refractivity contribution in [3.63, 3.8) is 0 Å². The van der Waals surface area contributed by atoms with Crippen LogP contribution in [-0.2, 0) is 11.8 Å². The first kappa shape index (κ1) is 15.2. The molecule has 0 bridgehead atoms. The van der Waals surface area contributed by atoms with Crippen molar-refractivity contribution in [2.45, 2.75) is 51.4 Å². The second-order valence-electron chi connectivity index (χ2n) is 7.17. The molecule has 118 valence electrons. The maximum absolute atomic E-state index is 10.6. The molecule has 1 atom stereocenters. The van der Waals surface area contributed by atoms with E-state index in [2.05, 4.69) is 19.9 Å². The highest BCUT2D eigenvalue weighted by Crippen LogP contribution is 2.45.